The van der Waals surface area contributed by atoms with Gasteiger partial charge in [-0.2, -0.15) is 0 Å². The van der Waals surface area contributed by atoms with Crippen molar-refractivity contribution in [3.8, 4) is 0 Å². The fourth-order valence-corrected chi connectivity index (χ4v) is 9.08. The van der Waals surface area contributed by atoms with Gasteiger partial charge in [-0.1, -0.05) is 54.1 Å². The first-order valence-corrected chi connectivity index (χ1v) is 24.1. The lowest BCUT2D eigenvalue weighted by Gasteiger charge is -2.31. The molecule has 67 heavy (non-hydrogen) atoms. The molecule has 6 rings (SSSR count). The molecule has 0 saturated heterocycles. The van der Waals surface area contributed by atoms with Gasteiger partial charge in [-0.3, -0.25) is 47.3 Å². The molecule has 0 unspecified atom stereocenters. The number of carbonyl (C=O) groups is 6. The normalized spacial score (nSPS) is 17.0. The number of rotatable bonds is 19. The summed E-state index contributed by atoms with van der Waals surface area (Å²) in [6, 6.07) is 17.7. The first-order chi connectivity index (χ1) is 31.5. The van der Waals surface area contributed by atoms with Gasteiger partial charge in [0.2, 0.25) is 31.3 Å². The van der Waals surface area contributed by atoms with E-state index in [1.54, 1.807) is 65.8 Å². The van der Waals surface area contributed by atoms with Crippen LogP contribution in [0.1, 0.15) is 106 Å². The first-order valence-electron chi connectivity index (χ1n) is 22.4. The minimum atomic E-state index is -4.10. The summed E-state index contributed by atoms with van der Waals surface area (Å²) in [5.41, 5.74) is 9.44. The van der Waals surface area contributed by atoms with E-state index < -0.39 is 91.8 Å². The van der Waals surface area contributed by atoms with Gasteiger partial charge in [0.25, 0.3) is 5.91 Å². The van der Waals surface area contributed by atoms with E-state index in [9.17, 15) is 33.3 Å². The Kier molecular flexibility index (Phi) is 15.8. The zero-order chi connectivity index (χ0) is 48.8. The maximum atomic E-state index is 14.6. The third-order valence-electron chi connectivity index (χ3n) is 11.7. The molecule has 0 fully saturated rings. The summed E-state index contributed by atoms with van der Waals surface area (Å²) >= 11 is 0. The van der Waals surface area contributed by atoms with Crippen molar-refractivity contribution in [1.29, 1.82) is 0 Å². The molecule has 5 N–H and O–H groups in total. The number of carbonyl (C=O) groups excluding carboxylic acids is 6. The van der Waals surface area contributed by atoms with Crippen molar-refractivity contribution in [1.82, 2.24) is 15.6 Å². The Morgan fingerprint density at radius 2 is 1.51 bits per heavy atom. The van der Waals surface area contributed by atoms with Crippen LogP contribution in [0.4, 0.5) is 5.69 Å². The van der Waals surface area contributed by atoms with E-state index in [1.165, 1.54) is 4.90 Å². The van der Waals surface area contributed by atoms with E-state index in [2.05, 4.69) is 15.6 Å². The second-order valence-electron chi connectivity index (χ2n) is 19.3. The molecule has 4 aromatic rings. The number of esters is 2. The van der Waals surface area contributed by atoms with E-state index in [1.807, 2.05) is 56.3 Å². The Bertz CT molecular complexity index is 2510. The number of aromatic nitrogens is 1. The van der Waals surface area contributed by atoms with Gasteiger partial charge in [0.15, 0.2) is 0 Å². The molecule has 3 heterocycles. The number of ether oxygens (including phenoxy) is 3. The van der Waals surface area contributed by atoms with Crippen molar-refractivity contribution < 1.29 is 56.6 Å². The van der Waals surface area contributed by atoms with Gasteiger partial charge in [0, 0.05) is 23.7 Å². The number of amides is 4. The molecule has 0 radical (unpaired) electrons. The lowest BCUT2D eigenvalue weighted by Crippen LogP contribution is -2.56. The lowest BCUT2D eigenvalue weighted by molar-refractivity contribution is -0.162. The highest BCUT2D eigenvalue weighted by Gasteiger charge is 2.45. The fraction of sp³-hybridized carbons (Fsp3) is 0.469. The summed E-state index contributed by atoms with van der Waals surface area (Å²) in [4.78, 5) is 84.0. The standard InChI is InChI=1S/C49H62N5O12P/c1-29-12-14-31(15-13-29)25-62-30(2)36(20-21-41(50)55)52-44(57)40-24-34-11-9-10-33-17-19-38(45(58)54(40)42(33)34)53-43(56)39-23-35-22-32(16-18-37(35)51-39)26-67(61,65-27-63-46(59)48(3,4)5)66-28-64-47(60)49(6,7)8/h9-16,18,22-23,30,36,38,40,51H,17,19-21,24-28H2,1-8H3,(H2,50,55)(H,52,57)(H,53,56)/t30-,36+,38+,40+/m1/s1. The van der Waals surface area contributed by atoms with Crippen LogP contribution in [0.2, 0.25) is 0 Å². The molecule has 3 aromatic carbocycles. The number of benzene rings is 3. The van der Waals surface area contributed by atoms with Crippen molar-refractivity contribution >= 4 is 59.8 Å². The summed E-state index contributed by atoms with van der Waals surface area (Å²) in [6.07, 6.45) is 0.410. The van der Waals surface area contributed by atoms with Gasteiger partial charge in [-0.25, -0.2) is 0 Å². The van der Waals surface area contributed by atoms with Crippen molar-refractivity contribution in [2.75, 3.05) is 18.5 Å². The third-order valence-corrected chi connectivity index (χ3v) is 13.4. The molecular weight excluding hydrogens is 882 g/mol. The van der Waals surface area contributed by atoms with Crippen LogP contribution in [-0.2, 0) is 77.4 Å². The number of aryl methyl sites for hydroxylation is 2. The molecular formula is C49H62N5O12P. The van der Waals surface area contributed by atoms with E-state index in [-0.39, 0.29) is 44.1 Å². The van der Waals surface area contributed by atoms with Gasteiger partial charge in [0.05, 0.1) is 41.4 Å². The zero-order valence-corrected chi connectivity index (χ0v) is 40.3. The van der Waals surface area contributed by atoms with Crippen LogP contribution in [-0.4, -0.2) is 78.4 Å². The molecule has 17 nitrogen and oxygen atoms in total. The molecule has 0 bridgehead atoms. The van der Waals surface area contributed by atoms with Gasteiger partial charge in [-0.15, -0.1) is 0 Å². The summed E-state index contributed by atoms with van der Waals surface area (Å²) in [5, 5.41) is 6.53. The Hall–Kier alpha value is -5.87. The Morgan fingerprint density at radius 3 is 2.13 bits per heavy atom. The topological polar surface area (TPSA) is 235 Å². The smallest absolute Gasteiger partial charge is 0.340 e. The molecule has 1 aromatic heterocycles. The molecule has 0 aliphatic carbocycles. The van der Waals surface area contributed by atoms with Crippen LogP contribution >= 0.6 is 7.60 Å². The predicted octanol–water partition coefficient (Wildman–Crippen LogP) is 6.65. The number of fused-ring (bicyclic) bond motifs is 1. The third kappa shape index (κ3) is 13.0. The summed E-state index contributed by atoms with van der Waals surface area (Å²) in [6.45, 7) is 12.7. The van der Waals surface area contributed by atoms with E-state index >= 15 is 0 Å². The number of para-hydroxylation sites is 1. The SMILES string of the molecule is Cc1ccc(CO[C@H](C)[C@H](CCC(N)=O)NC(=O)[C@@H]2Cc3cccc4c3N2C(=O)[C@@H](NC(=O)c2cc3cc(CP(=O)(OCOC(=O)C(C)(C)C)OCOC(=O)C(C)(C)C)ccc3[nH]2)CC4)cc1. The molecule has 2 aliphatic heterocycles. The molecule has 4 atom stereocenters. The minimum Gasteiger partial charge on any atom is -0.438 e. The highest BCUT2D eigenvalue weighted by molar-refractivity contribution is 7.53. The average Bonchev–Trinajstić information content (AvgIpc) is 3.84. The van der Waals surface area contributed by atoms with Crippen LogP contribution in [0.25, 0.3) is 10.9 Å². The second-order valence-corrected chi connectivity index (χ2v) is 21.3. The maximum absolute atomic E-state index is 14.6. The Morgan fingerprint density at radius 1 is 0.881 bits per heavy atom. The van der Waals surface area contributed by atoms with Crippen molar-refractivity contribution in [2.24, 2.45) is 16.6 Å². The Balaban J connectivity index is 1.16. The zero-order valence-electron chi connectivity index (χ0n) is 39.4. The first kappa shape index (κ1) is 50.5. The number of aromatic amines is 1. The van der Waals surface area contributed by atoms with Crippen LogP contribution in [0, 0.1) is 17.8 Å². The number of nitrogens with one attached hydrogen (secondary N) is 3. The highest BCUT2D eigenvalue weighted by Crippen LogP contribution is 2.52. The van der Waals surface area contributed by atoms with Crippen LogP contribution in [0.3, 0.4) is 0 Å². The van der Waals surface area contributed by atoms with E-state index in [0.717, 1.165) is 22.3 Å². The van der Waals surface area contributed by atoms with Crippen LogP contribution < -0.4 is 21.3 Å². The van der Waals surface area contributed by atoms with E-state index in [4.69, 9.17) is 29.0 Å². The van der Waals surface area contributed by atoms with Crippen LogP contribution in [0.5, 0.6) is 0 Å². The predicted molar refractivity (Wildman–Crippen MR) is 249 cm³/mol. The quantitative estimate of drug-likeness (QED) is 0.0439. The van der Waals surface area contributed by atoms with Crippen LogP contribution in [0.15, 0.2) is 66.7 Å². The van der Waals surface area contributed by atoms with Gasteiger partial charge >= 0.3 is 19.5 Å². The molecule has 2 aliphatic rings. The maximum Gasteiger partial charge on any atom is 0.340 e. The number of nitrogens with zero attached hydrogens (tertiary/aromatic N) is 1. The molecule has 18 heteroatoms. The molecule has 0 spiro atoms. The van der Waals surface area contributed by atoms with Crippen molar-refractivity contribution in [3.05, 3.63) is 100 Å². The number of anilines is 1. The minimum absolute atomic E-state index is 0.0145. The lowest BCUT2D eigenvalue weighted by atomic mass is 9.98. The molecule has 360 valence electrons. The van der Waals surface area contributed by atoms with Crippen molar-refractivity contribution in [2.45, 2.75) is 124 Å². The van der Waals surface area contributed by atoms with Gasteiger partial charge in [-0.05, 0) is 115 Å². The fourth-order valence-electron chi connectivity index (χ4n) is 7.75. The monoisotopic (exact) mass is 943 g/mol. The van der Waals surface area contributed by atoms with E-state index in [0.29, 0.717) is 28.6 Å². The number of primary amides is 1. The molecule has 0 saturated carbocycles. The van der Waals surface area contributed by atoms with Gasteiger partial charge in [0.1, 0.15) is 17.8 Å². The number of nitrogens with two attached hydrogens (primary N) is 1. The highest BCUT2D eigenvalue weighted by atomic mass is 31.2. The number of hydrogen-bond acceptors (Lipinski definition) is 12. The second kappa shape index (κ2) is 21.0. The Labute approximate surface area is 390 Å². The summed E-state index contributed by atoms with van der Waals surface area (Å²) in [5.74, 6) is -3.12. The molecule has 4 amide bonds. The van der Waals surface area contributed by atoms with Gasteiger partial charge < -0.3 is 35.6 Å². The van der Waals surface area contributed by atoms with Crippen molar-refractivity contribution in [3.63, 3.8) is 0 Å². The largest absolute Gasteiger partial charge is 0.438 e. The summed E-state index contributed by atoms with van der Waals surface area (Å²) in [7, 11) is -4.10. The number of hydrogen-bond donors (Lipinski definition) is 4. The average molecular weight is 944 g/mol. The number of H-pyrrole nitrogens is 1. The summed E-state index contributed by atoms with van der Waals surface area (Å²) < 4.78 is 41.6.